The lowest BCUT2D eigenvalue weighted by atomic mass is 10.1. The van der Waals surface area contributed by atoms with Gasteiger partial charge in [0, 0.05) is 32.3 Å². The Labute approximate surface area is 118 Å². The van der Waals surface area contributed by atoms with Gasteiger partial charge in [-0.2, -0.15) is 0 Å². The highest BCUT2D eigenvalue weighted by molar-refractivity contribution is 5.41. The molecule has 0 saturated carbocycles. The van der Waals surface area contributed by atoms with Crippen LogP contribution in [0, 0.1) is 17.7 Å². The summed E-state index contributed by atoms with van der Waals surface area (Å²) in [4.78, 5) is 2.00. The van der Waals surface area contributed by atoms with Crippen LogP contribution < -0.4 is 0 Å². The Morgan fingerprint density at radius 1 is 1.30 bits per heavy atom. The molecule has 0 aliphatic heterocycles. The van der Waals surface area contributed by atoms with Gasteiger partial charge in [-0.3, -0.25) is 4.90 Å². The largest absolute Gasteiger partial charge is 0.395 e. The average Bonchev–Trinajstić information content (AvgIpc) is 2.45. The minimum Gasteiger partial charge on any atom is -0.395 e. The number of rotatable bonds is 7. The summed E-state index contributed by atoms with van der Waals surface area (Å²) in [6.07, 6.45) is 0. The Kier molecular flexibility index (Phi) is 7.85. The van der Waals surface area contributed by atoms with Gasteiger partial charge in [0.1, 0.15) is 12.4 Å². The smallest absolute Gasteiger partial charge is 0.124 e. The first kappa shape index (κ1) is 16.6. The number of hydrogen-bond donors (Lipinski definition) is 2. The average molecular weight is 281 g/mol. The van der Waals surface area contributed by atoms with Crippen LogP contribution in [0.4, 0.5) is 4.39 Å². The van der Waals surface area contributed by atoms with E-state index in [0.29, 0.717) is 31.8 Å². The lowest BCUT2D eigenvalue weighted by Crippen LogP contribution is -2.30. The summed E-state index contributed by atoms with van der Waals surface area (Å²) in [5.74, 6) is 4.91. The number of ether oxygens (including phenoxy) is 1. The molecule has 0 spiro atoms. The number of methoxy groups -OCH3 is 1. The van der Waals surface area contributed by atoms with Crippen molar-refractivity contribution in [2.45, 2.75) is 6.54 Å². The summed E-state index contributed by atoms with van der Waals surface area (Å²) in [6.45, 7) is 2.05. The van der Waals surface area contributed by atoms with Gasteiger partial charge in [-0.1, -0.05) is 17.9 Å². The Hall–Kier alpha value is -1.45. The summed E-state index contributed by atoms with van der Waals surface area (Å²) in [7, 11) is 1.62. The van der Waals surface area contributed by atoms with Gasteiger partial charge in [-0.15, -0.1) is 0 Å². The van der Waals surface area contributed by atoms with Crippen molar-refractivity contribution in [1.82, 2.24) is 4.90 Å². The Morgan fingerprint density at radius 3 is 2.75 bits per heavy atom. The zero-order valence-electron chi connectivity index (χ0n) is 11.6. The van der Waals surface area contributed by atoms with Crippen molar-refractivity contribution in [3.05, 3.63) is 35.1 Å². The van der Waals surface area contributed by atoms with Crippen LogP contribution in [-0.2, 0) is 11.3 Å². The van der Waals surface area contributed by atoms with Crippen molar-refractivity contribution in [3.8, 4) is 11.8 Å². The molecular weight excluding hydrogens is 261 g/mol. The van der Waals surface area contributed by atoms with Crippen LogP contribution in [-0.4, -0.2) is 55.1 Å². The molecule has 4 nitrogen and oxygen atoms in total. The second-order valence-electron chi connectivity index (χ2n) is 4.25. The maximum absolute atomic E-state index is 13.3. The Morgan fingerprint density at radius 2 is 2.10 bits per heavy atom. The van der Waals surface area contributed by atoms with E-state index in [9.17, 15) is 4.39 Å². The van der Waals surface area contributed by atoms with Crippen LogP contribution in [0.1, 0.15) is 11.1 Å². The highest BCUT2D eigenvalue weighted by atomic mass is 19.1. The van der Waals surface area contributed by atoms with Gasteiger partial charge in [0.2, 0.25) is 0 Å². The molecule has 0 fully saturated rings. The van der Waals surface area contributed by atoms with Crippen molar-refractivity contribution in [1.29, 1.82) is 0 Å². The van der Waals surface area contributed by atoms with Crippen LogP contribution in [0.5, 0.6) is 0 Å². The number of aliphatic hydroxyl groups is 2. The van der Waals surface area contributed by atoms with Crippen LogP contribution >= 0.6 is 0 Å². The SMILES string of the molecule is COCCN(CCO)Cc1ccc(F)cc1C#CCO. The first-order chi connectivity index (χ1) is 9.71. The maximum Gasteiger partial charge on any atom is 0.124 e. The Bertz CT molecular complexity index is 468. The first-order valence-corrected chi connectivity index (χ1v) is 6.41. The zero-order valence-corrected chi connectivity index (χ0v) is 11.6. The van der Waals surface area contributed by atoms with E-state index >= 15 is 0 Å². The molecule has 0 amide bonds. The van der Waals surface area contributed by atoms with Gasteiger partial charge < -0.3 is 14.9 Å². The summed E-state index contributed by atoms with van der Waals surface area (Å²) in [5.41, 5.74) is 1.41. The minimum atomic E-state index is -0.360. The second-order valence-corrected chi connectivity index (χ2v) is 4.25. The minimum absolute atomic E-state index is 0.0442. The molecule has 5 heteroatoms. The fourth-order valence-electron chi connectivity index (χ4n) is 1.81. The van der Waals surface area contributed by atoms with E-state index in [-0.39, 0.29) is 19.0 Å². The van der Waals surface area contributed by atoms with Crippen LogP contribution in [0.25, 0.3) is 0 Å². The predicted octanol–water partition coefficient (Wildman–Crippen LogP) is 0.610. The standard InChI is InChI=1S/C15H20FNO3/c1-20-10-7-17(6-9-19)12-14-4-5-15(16)11-13(14)3-2-8-18/h4-5,11,18-19H,6-10,12H2,1H3. The van der Waals surface area contributed by atoms with Crippen molar-refractivity contribution in [2.75, 3.05) is 40.0 Å². The molecule has 0 bridgehead atoms. The van der Waals surface area contributed by atoms with Gasteiger partial charge in [0.25, 0.3) is 0 Å². The molecular formula is C15H20FNO3. The number of benzene rings is 1. The molecule has 0 aliphatic rings. The van der Waals surface area contributed by atoms with E-state index < -0.39 is 0 Å². The molecule has 0 aliphatic carbocycles. The lowest BCUT2D eigenvalue weighted by Gasteiger charge is -2.21. The number of aliphatic hydroxyl groups excluding tert-OH is 2. The van der Waals surface area contributed by atoms with Crippen LogP contribution in [0.3, 0.4) is 0 Å². The van der Waals surface area contributed by atoms with Crippen LogP contribution in [0.2, 0.25) is 0 Å². The summed E-state index contributed by atoms with van der Waals surface area (Å²) < 4.78 is 18.3. The molecule has 1 rings (SSSR count). The first-order valence-electron chi connectivity index (χ1n) is 6.41. The summed E-state index contributed by atoms with van der Waals surface area (Å²) in [6, 6.07) is 4.41. The number of halogens is 1. The highest BCUT2D eigenvalue weighted by Crippen LogP contribution is 2.13. The predicted molar refractivity (Wildman–Crippen MR) is 74.6 cm³/mol. The zero-order chi connectivity index (χ0) is 14.8. The van der Waals surface area contributed by atoms with E-state index in [2.05, 4.69) is 11.8 Å². The van der Waals surface area contributed by atoms with Crippen molar-refractivity contribution in [3.63, 3.8) is 0 Å². The number of hydrogen-bond acceptors (Lipinski definition) is 4. The molecule has 0 radical (unpaired) electrons. The third-order valence-corrected chi connectivity index (χ3v) is 2.80. The quantitative estimate of drug-likeness (QED) is 0.719. The van der Waals surface area contributed by atoms with Crippen molar-refractivity contribution in [2.24, 2.45) is 0 Å². The van der Waals surface area contributed by atoms with Gasteiger partial charge in [0.05, 0.1) is 13.2 Å². The van der Waals surface area contributed by atoms with Crippen molar-refractivity contribution < 1.29 is 19.3 Å². The monoisotopic (exact) mass is 281 g/mol. The summed E-state index contributed by atoms with van der Waals surface area (Å²) >= 11 is 0. The molecule has 0 atom stereocenters. The Balaban J connectivity index is 2.87. The second kappa shape index (κ2) is 9.45. The molecule has 1 aromatic rings. The lowest BCUT2D eigenvalue weighted by molar-refractivity contribution is 0.127. The topological polar surface area (TPSA) is 52.9 Å². The van der Waals surface area contributed by atoms with E-state index in [1.54, 1.807) is 13.2 Å². The fraction of sp³-hybridized carbons (Fsp3) is 0.467. The van der Waals surface area contributed by atoms with Crippen molar-refractivity contribution >= 4 is 0 Å². The molecule has 0 aromatic heterocycles. The molecule has 110 valence electrons. The van der Waals surface area contributed by atoms with E-state index in [1.807, 2.05) is 4.90 Å². The molecule has 0 heterocycles. The third kappa shape index (κ3) is 5.68. The van der Waals surface area contributed by atoms with Gasteiger partial charge in [-0.05, 0) is 17.7 Å². The van der Waals surface area contributed by atoms with Gasteiger partial charge in [-0.25, -0.2) is 4.39 Å². The van der Waals surface area contributed by atoms with E-state index in [4.69, 9.17) is 14.9 Å². The van der Waals surface area contributed by atoms with Crippen LogP contribution in [0.15, 0.2) is 18.2 Å². The highest BCUT2D eigenvalue weighted by Gasteiger charge is 2.09. The third-order valence-electron chi connectivity index (χ3n) is 2.80. The number of nitrogens with zero attached hydrogens (tertiary/aromatic N) is 1. The molecule has 20 heavy (non-hydrogen) atoms. The molecule has 2 N–H and O–H groups in total. The molecule has 0 unspecified atom stereocenters. The normalized spacial score (nSPS) is 10.4. The molecule has 1 aromatic carbocycles. The molecule has 0 saturated heterocycles. The van der Waals surface area contributed by atoms with Gasteiger partial charge >= 0.3 is 0 Å². The fourth-order valence-corrected chi connectivity index (χ4v) is 1.81. The maximum atomic E-state index is 13.3. The van der Waals surface area contributed by atoms with Gasteiger partial charge in [0.15, 0.2) is 0 Å². The van der Waals surface area contributed by atoms with E-state index in [0.717, 1.165) is 5.56 Å². The summed E-state index contributed by atoms with van der Waals surface area (Å²) in [5, 5.41) is 17.8. The van der Waals surface area contributed by atoms with E-state index in [1.165, 1.54) is 12.1 Å².